The third kappa shape index (κ3) is 6.49. The van der Waals surface area contributed by atoms with Crippen LogP contribution in [0.15, 0.2) is 23.2 Å². The number of rotatable bonds is 9. The molecule has 1 aromatic carbocycles. The van der Waals surface area contributed by atoms with Crippen molar-refractivity contribution < 1.29 is 32.3 Å². The highest BCUT2D eigenvalue weighted by Crippen LogP contribution is 2.20. The number of nitrogens with zero attached hydrogens (tertiary/aromatic N) is 3. The van der Waals surface area contributed by atoms with Gasteiger partial charge in [0.05, 0.1) is 29.0 Å². The maximum Gasteiger partial charge on any atom is 0.338 e. The first-order valence-electron chi connectivity index (χ1n) is 10.6. The van der Waals surface area contributed by atoms with Crippen molar-refractivity contribution in [3.05, 3.63) is 28.6 Å². The van der Waals surface area contributed by atoms with Gasteiger partial charge in [0.15, 0.2) is 14.6 Å². The molecule has 1 saturated heterocycles. The van der Waals surface area contributed by atoms with Gasteiger partial charge in [0.2, 0.25) is 5.91 Å². The zero-order valence-corrected chi connectivity index (χ0v) is 20.2. The lowest BCUT2D eigenvalue weighted by Crippen LogP contribution is -2.35. The number of sulfone groups is 1. The SMILES string of the molecule is CCOC(=O)c1ccc2c(c1)sc(=NC(=O)CS(=O)(=O)CC(=O)N1CCCC1)n2CCOC. The van der Waals surface area contributed by atoms with E-state index in [9.17, 15) is 22.8 Å². The molecule has 1 fully saturated rings. The molecule has 2 heterocycles. The number of amides is 2. The van der Waals surface area contributed by atoms with Gasteiger partial charge in [0.25, 0.3) is 5.91 Å². The van der Waals surface area contributed by atoms with E-state index in [-0.39, 0.29) is 11.4 Å². The highest BCUT2D eigenvalue weighted by atomic mass is 32.2. The van der Waals surface area contributed by atoms with E-state index in [2.05, 4.69) is 4.99 Å². The number of fused-ring (bicyclic) bond motifs is 1. The highest BCUT2D eigenvalue weighted by molar-refractivity contribution is 7.92. The van der Waals surface area contributed by atoms with Crippen molar-refractivity contribution in [2.75, 3.05) is 44.9 Å². The zero-order chi connectivity index (χ0) is 24.0. The average molecular weight is 498 g/mol. The lowest BCUT2D eigenvalue weighted by Gasteiger charge is -2.14. The first kappa shape index (κ1) is 25.1. The fraction of sp³-hybridized carbons (Fsp3) is 0.524. The van der Waals surface area contributed by atoms with Crippen LogP contribution in [0.5, 0.6) is 0 Å². The monoisotopic (exact) mass is 497 g/mol. The molecular weight excluding hydrogens is 470 g/mol. The molecule has 1 aliphatic heterocycles. The van der Waals surface area contributed by atoms with Crippen LogP contribution in [0, 0.1) is 0 Å². The van der Waals surface area contributed by atoms with Gasteiger partial charge >= 0.3 is 5.97 Å². The normalized spacial score (nSPS) is 14.7. The Morgan fingerprint density at radius 3 is 2.55 bits per heavy atom. The van der Waals surface area contributed by atoms with Crippen LogP contribution < -0.4 is 4.80 Å². The quantitative estimate of drug-likeness (QED) is 0.473. The van der Waals surface area contributed by atoms with Crippen LogP contribution in [0.4, 0.5) is 0 Å². The van der Waals surface area contributed by atoms with Crippen molar-refractivity contribution in [1.82, 2.24) is 9.47 Å². The van der Waals surface area contributed by atoms with Gasteiger partial charge in [-0.2, -0.15) is 4.99 Å². The number of aromatic nitrogens is 1. The van der Waals surface area contributed by atoms with Crippen LogP contribution in [-0.4, -0.2) is 80.6 Å². The highest BCUT2D eigenvalue weighted by Gasteiger charge is 2.26. The van der Waals surface area contributed by atoms with Crippen molar-refractivity contribution in [3.8, 4) is 0 Å². The van der Waals surface area contributed by atoms with Gasteiger partial charge in [-0.25, -0.2) is 13.2 Å². The summed E-state index contributed by atoms with van der Waals surface area (Å²) in [5.74, 6) is -3.34. The van der Waals surface area contributed by atoms with E-state index in [1.165, 1.54) is 4.90 Å². The third-order valence-corrected chi connectivity index (χ3v) is 7.49. The van der Waals surface area contributed by atoms with Crippen LogP contribution in [-0.2, 0) is 35.4 Å². The largest absolute Gasteiger partial charge is 0.462 e. The Morgan fingerprint density at radius 2 is 1.88 bits per heavy atom. The number of carbonyl (C=O) groups excluding carboxylic acids is 3. The van der Waals surface area contributed by atoms with Gasteiger partial charge in [0.1, 0.15) is 11.5 Å². The lowest BCUT2D eigenvalue weighted by atomic mass is 10.2. The number of benzene rings is 1. The summed E-state index contributed by atoms with van der Waals surface area (Å²) in [6, 6.07) is 5.00. The minimum Gasteiger partial charge on any atom is -0.462 e. The molecule has 0 atom stereocenters. The molecule has 10 nitrogen and oxygen atoms in total. The number of thiazole rings is 1. The van der Waals surface area contributed by atoms with Gasteiger partial charge < -0.3 is 18.9 Å². The molecule has 0 radical (unpaired) electrons. The van der Waals surface area contributed by atoms with Crippen LogP contribution in [0.2, 0.25) is 0 Å². The molecule has 2 aromatic rings. The summed E-state index contributed by atoms with van der Waals surface area (Å²) >= 11 is 1.15. The zero-order valence-electron chi connectivity index (χ0n) is 18.6. The molecule has 180 valence electrons. The molecule has 12 heteroatoms. The van der Waals surface area contributed by atoms with E-state index >= 15 is 0 Å². The van der Waals surface area contributed by atoms with Crippen molar-refractivity contribution in [1.29, 1.82) is 0 Å². The predicted octanol–water partition coefficient (Wildman–Crippen LogP) is 0.990. The number of hydrogen-bond acceptors (Lipinski definition) is 8. The van der Waals surface area contributed by atoms with E-state index in [1.807, 2.05) is 0 Å². The summed E-state index contributed by atoms with van der Waals surface area (Å²) < 4.78 is 37.4. The molecule has 0 saturated carbocycles. The Balaban J connectivity index is 1.86. The van der Waals surface area contributed by atoms with Crippen LogP contribution >= 0.6 is 11.3 Å². The molecule has 0 unspecified atom stereocenters. The minimum atomic E-state index is -3.95. The molecule has 1 aliphatic rings. The number of methoxy groups -OCH3 is 1. The minimum absolute atomic E-state index is 0.249. The molecule has 0 bridgehead atoms. The molecule has 0 N–H and O–H groups in total. The fourth-order valence-corrected chi connectivity index (χ4v) is 5.74. The van der Waals surface area contributed by atoms with Crippen molar-refractivity contribution >= 4 is 49.2 Å². The second-order valence-electron chi connectivity index (χ2n) is 7.56. The lowest BCUT2D eigenvalue weighted by molar-refractivity contribution is -0.127. The summed E-state index contributed by atoms with van der Waals surface area (Å²) in [4.78, 5) is 42.5. The average Bonchev–Trinajstić information content (AvgIpc) is 3.39. The van der Waals surface area contributed by atoms with E-state index < -0.39 is 39.1 Å². The summed E-state index contributed by atoms with van der Waals surface area (Å²) in [5, 5.41) is 0. The second kappa shape index (κ2) is 11.0. The second-order valence-corrected chi connectivity index (χ2v) is 10.6. The molecule has 1 aromatic heterocycles. The number of ether oxygens (including phenoxy) is 2. The van der Waals surface area contributed by atoms with Gasteiger partial charge in [-0.1, -0.05) is 11.3 Å². The Hall–Kier alpha value is -2.57. The number of likely N-dealkylation sites (tertiary alicyclic amines) is 1. The van der Waals surface area contributed by atoms with Gasteiger partial charge in [-0.15, -0.1) is 0 Å². The Bertz CT molecular complexity index is 1210. The molecule has 0 aliphatic carbocycles. The van der Waals surface area contributed by atoms with Gasteiger partial charge in [0, 0.05) is 26.7 Å². The number of hydrogen-bond donors (Lipinski definition) is 0. The van der Waals surface area contributed by atoms with Crippen LogP contribution in [0.1, 0.15) is 30.1 Å². The Labute approximate surface area is 195 Å². The first-order valence-corrected chi connectivity index (χ1v) is 13.2. The maximum atomic E-state index is 12.5. The van der Waals surface area contributed by atoms with Gasteiger partial charge in [-0.05, 0) is 38.0 Å². The van der Waals surface area contributed by atoms with E-state index in [0.29, 0.717) is 36.5 Å². The van der Waals surface area contributed by atoms with E-state index in [4.69, 9.17) is 9.47 Å². The van der Waals surface area contributed by atoms with E-state index in [0.717, 1.165) is 29.7 Å². The number of esters is 1. The molecule has 3 rings (SSSR count). The fourth-order valence-electron chi connectivity index (χ4n) is 3.52. The van der Waals surface area contributed by atoms with Crippen molar-refractivity contribution in [3.63, 3.8) is 0 Å². The van der Waals surface area contributed by atoms with Crippen molar-refractivity contribution in [2.45, 2.75) is 26.3 Å². The number of carbonyl (C=O) groups is 3. The summed E-state index contributed by atoms with van der Waals surface area (Å²) in [6.45, 7) is 3.77. The summed E-state index contributed by atoms with van der Waals surface area (Å²) in [5.41, 5.74) is 1.09. The molecule has 33 heavy (non-hydrogen) atoms. The van der Waals surface area contributed by atoms with Crippen molar-refractivity contribution in [2.24, 2.45) is 4.99 Å². The van der Waals surface area contributed by atoms with E-state index in [1.54, 1.807) is 36.8 Å². The molecule has 2 amide bonds. The summed E-state index contributed by atoms with van der Waals surface area (Å²) in [6.07, 6.45) is 1.71. The topological polar surface area (TPSA) is 124 Å². The van der Waals surface area contributed by atoms with Crippen LogP contribution in [0.25, 0.3) is 10.2 Å². The standard InChI is InChI=1S/C21H27N3O7S2/c1-3-31-20(27)15-6-7-16-17(12-15)32-21(24(16)10-11-30-2)22-18(25)13-33(28,29)14-19(26)23-8-4-5-9-23/h6-7,12H,3-5,8-11,13-14H2,1-2H3. The maximum absolute atomic E-state index is 12.5. The first-order chi connectivity index (χ1) is 15.7. The predicted molar refractivity (Wildman–Crippen MR) is 123 cm³/mol. The Kier molecular flexibility index (Phi) is 8.38. The Morgan fingerprint density at radius 1 is 1.15 bits per heavy atom. The molecular formula is C21H27N3O7S2. The van der Waals surface area contributed by atoms with Gasteiger partial charge in [-0.3, -0.25) is 9.59 Å². The van der Waals surface area contributed by atoms with Crippen LogP contribution in [0.3, 0.4) is 0 Å². The summed E-state index contributed by atoms with van der Waals surface area (Å²) in [7, 11) is -2.41. The third-order valence-electron chi connectivity index (χ3n) is 5.08. The molecule has 0 spiro atoms. The smallest absolute Gasteiger partial charge is 0.338 e.